The van der Waals surface area contributed by atoms with Gasteiger partial charge in [-0.3, -0.25) is 0 Å². The topological polar surface area (TPSA) is 82.5 Å². The molecule has 0 saturated heterocycles. The Balaban J connectivity index is 2.46. The highest BCUT2D eigenvalue weighted by Crippen LogP contribution is 2.09. The number of aromatic nitrogens is 1. The number of carbonyl (C=O) groups is 1. The number of anilines is 1. The highest BCUT2D eigenvalue weighted by molar-refractivity contribution is 5.85. The molecule has 0 saturated carbocycles. The molecular formula is C12H18N2O3. The van der Waals surface area contributed by atoms with E-state index in [4.69, 9.17) is 10.2 Å². The van der Waals surface area contributed by atoms with Gasteiger partial charge in [0.2, 0.25) is 0 Å². The first-order valence-corrected chi connectivity index (χ1v) is 5.68. The highest BCUT2D eigenvalue weighted by Gasteiger charge is 2.06. The second-order valence-corrected chi connectivity index (χ2v) is 4.07. The number of carboxylic acids is 1. The van der Waals surface area contributed by atoms with Crippen molar-refractivity contribution in [1.29, 1.82) is 0 Å². The number of hydrogen-bond acceptors (Lipinski definition) is 4. The minimum atomic E-state index is -1.03. The Kier molecular flexibility index (Phi) is 5.42. The lowest BCUT2D eigenvalue weighted by molar-refractivity contribution is 0.0690. The van der Waals surface area contributed by atoms with E-state index in [1.807, 2.05) is 0 Å². The zero-order chi connectivity index (χ0) is 12.7. The standard InChI is InChI=1S/C12H18N2O3/c1-9(4-3-7-15)8-13-11-6-2-5-10(14-11)12(16)17/h2,5-6,9,15H,3-4,7-8H2,1H3,(H,13,14)(H,16,17). The fourth-order valence-electron chi connectivity index (χ4n) is 1.47. The Hall–Kier alpha value is -1.62. The summed E-state index contributed by atoms with van der Waals surface area (Å²) in [5, 5.41) is 20.6. The molecule has 0 fully saturated rings. The number of nitrogens with zero attached hydrogens (tertiary/aromatic N) is 1. The summed E-state index contributed by atoms with van der Waals surface area (Å²) in [5.74, 6) is -0.0415. The first kappa shape index (κ1) is 13.4. The van der Waals surface area contributed by atoms with Gasteiger partial charge in [0.05, 0.1) is 0 Å². The minimum absolute atomic E-state index is 0.0398. The molecule has 0 aromatic carbocycles. The Morgan fingerprint density at radius 3 is 2.94 bits per heavy atom. The molecule has 1 rings (SSSR count). The number of carboxylic acid groups (broad SMARTS) is 1. The predicted octanol–water partition coefficient (Wildman–Crippen LogP) is 1.60. The average Bonchev–Trinajstić information content (AvgIpc) is 2.34. The predicted molar refractivity (Wildman–Crippen MR) is 65.2 cm³/mol. The zero-order valence-electron chi connectivity index (χ0n) is 9.89. The second kappa shape index (κ2) is 6.85. The maximum atomic E-state index is 10.7. The van der Waals surface area contributed by atoms with Gasteiger partial charge in [-0.2, -0.15) is 0 Å². The fourth-order valence-corrected chi connectivity index (χ4v) is 1.47. The van der Waals surface area contributed by atoms with E-state index in [0.717, 1.165) is 19.4 Å². The van der Waals surface area contributed by atoms with Crippen molar-refractivity contribution in [3.05, 3.63) is 23.9 Å². The summed E-state index contributed by atoms with van der Waals surface area (Å²) in [4.78, 5) is 14.7. The van der Waals surface area contributed by atoms with E-state index in [-0.39, 0.29) is 12.3 Å². The molecule has 17 heavy (non-hydrogen) atoms. The SMILES string of the molecule is CC(CCCO)CNc1cccc(C(=O)O)n1. The molecule has 0 aliphatic heterocycles. The molecule has 0 aliphatic rings. The number of nitrogens with one attached hydrogen (secondary N) is 1. The molecule has 1 aromatic heterocycles. The molecule has 3 N–H and O–H groups in total. The van der Waals surface area contributed by atoms with Gasteiger partial charge in [-0.05, 0) is 30.9 Å². The van der Waals surface area contributed by atoms with Crippen LogP contribution in [0.25, 0.3) is 0 Å². The Morgan fingerprint density at radius 2 is 2.29 bits per heavy atom. The lowest BCUT2D eigenvalue weighted by Gasteiger charge is -2.12. The van der Waals surface area contributed by atoms with Gasteiger partial charge in [0.25, 0.3) is 0 Å². The van der Waals surface area contributed by atoms with Crippen LogP contribution in [0.5, 0.6) is 0 Å². The smallest absolute Gasteiger partial charge is 0.354 e. The molecule has 1 atom stereocenters. The minimum Gasteiger partial charge on any atom is -0.477 e. The van der Waals surface area contributed by atoms with E-state index in [1.165, 1.54) is 6.07 Å². The van der Waals surface area contributed by atoms with Crippen molar-refractivity contribution in [1.82, 2.24) is 4.98 Å². The molecule has 0 radical (unpaired) electrons. The Labute approximate surface area is 101 Å². The zero-order valence-corrected chi connectivity index (χ0v) is 9.89. The van der Waals surface area contributed by atoms with E-state index in [0.29, 0.717) is 11.7 Å². The summed E-state index contributed by atoms with van der Waals surface area (Å²) in [6, 6.07) is 4.87. The van der Waals surface area contributed by atoms with Crippen molar-refractivity contribution < 1.29 is 15.0 Å². The molecule has 1 unspecified atom stereocenters. The fraction of sp³-hybridized carbons (Fsp3) is 0.500. The van der Waals surface area contributed by atoms with Gasteiger partial charge in [-0.15, -0.1) is 0 Å². The van der Waals surface area contributed by atoms with Crippen LogP contribution in [0.2, 0.25) is 0 Å². The van der Waals surface area contributed by atoms with Gasteiger partial charge < -0.3 is 15.5 Å². The van der Waals surface area contributed by atoms with Gasteiger partial charge in [-0.1, -0.05) is 13.0 Å². The molecule has 0 aliphatic carbocycles. The van der Waals surface area contributed by atoms with E-state index < -0.39 is 5.97 Å². The van der Waals surface area contributed by atoms with Gasteiger partial charge in [0.1, 0.15) is 5.82 Å². The number of pyridine rings is 1. The highest BCUT2D eigenvalue weighted by atomic mass is 16.4. The summed E-state index contributed by atoms with van der Waals surface area (Å²) in [6.45, 7) is 3.00. The van der Waals surface area contributed by atoms with E-state index >= 15 is 0 Å². The van der Waals surface area contributed by atoms with Crippen LogP contribution in [0, 0.1) is 5.92 Å². The molecule has 1 aromatic rings. The molecule has 5 nitrogen and oxygen atoms in total. The third-order valence-electron chi connectivity index (χ3n) is 2.45. The van der Waals surface area contributed by atoms with Gasteiger partial charge >= 0.3 is 5.97 Å². The van der Waals surface area contributed by atoms with Crippen molar-refractivity contribution in [2.45, 2.75) is 19.8 Å². The maximum Gasteiger partial charge on any atom is 0.354 e. The van der Waals surface area contributed by atoms with Gasteiger partial charge in [-0.25, -0.2) is 9.78 Å². The van der Waals surface area contributed by atoms with Crippen LogP contribution in [0.3, 0.4) is 0 Å². The lowest BCUT2D eigenvalue weighted by Crippen LogP contribution is -2.13. The molecule has 0 spiro atoms. The summed E-state index contributed by atoms with van der Waals surface area (Å²) in [7, 11) is 0. The molecular weight excluding hydrogens is 220 g/mol. The van der Waals surface area contributed by atoms with Crippen molar-refractivity contribution in [2.24, 2.45) is 5.92 Å². The summed E-state index contributed by atoms with van der Waals surface area (Å²) < 4.78 is 0. The number of aliphatic hydroxyl groups is 1. The van der Waals surface area contributed by atoms with Crippen LogP contribution in [-0.4, -0.2) is 34.3 Å². The van der Waals surface area contributed by atoms with Crippen LogP contribution in [0.15, 0.2) is 18.2 Å². The molecule has 0 amide bonds. The molecule has 1 heterocycles. The molecule has 0 bridgehead atoms. The number of aromatic carboxylic acids is 1. The van der Waals surface area contributed by atoms with Gasteiger partial charge in [0, 0.05) is 13.2 Å². The third kappa shape index (κ3) is 4.82. The Morgan fingerprint density at radius 1 is 1.53 bits per heavy atom. The van der Waals surface area contributed by atoms with E-state index in [1.54, 1.807) is 12.1 Å². The molecule has 5 heteroatoms. The second-order valence-electron chi connectivity index (χ2n) is 4.07. The normalized spacial score (nSPS) is 12.1. The monoisotopic (exact) mass is 238 g/mol. The average molecular weight is 238 g/mol. The van der Waals surface area contributed by atoms with Crippen LogP contribution >= 0.6 is 0 Å². The van der Waals surface area contributed by atoms with Crippen molar-refractivity contribution >= 4 is 11.8 Å². The summed E-state index contributed by atoms with van der Waals surface area (Å²) in [5.41, 5.74) is 0.0398. The van der Waals surface area contributed by atoms with Crippen LogP contribution in [-0.2, 0) is 0 Å². The quantitative estimate of drug-likeness (QED) is 0.672. The van der Waals surface area contributed by atoms with Crippen molar-refractivity contribution in [3.63, 3.8) is 0 Å². The summed E-state index contributed by atoms with van der Waals surface area (Å²) in [6.07, 6.45) is 1.72. The maximum absolute atomic E-state index is 10.7. The first-order chi connectivity index (χ1) is 8.13. The van der Waals surface area contributed by atoms with Crippen molar-refractivity contribution in [3.8, 4) is 0 Å². The number of rotatable bonds is 7. The first-order valence-electron chi connectivity index (χ1n) is 5.68. The largest absolute Gasteiger partial charge is 0.477 e. The van der Waals surface area contributed by atoms with E-state index in [2.05, 4.69) is 17.2 Å². The van der Waals surface area contributed by atoms with Crippen LogP contribution in [0.1, 0.15) is 30.3 Å². The number of aliphatic hydroxyl groups excluding tert-OH is 1. The van der Waals surface area contributed by atoms with E-state index in [9.17, 15) is 4.79 Å². The Bertz CT molecular complexity index is 369. The van der Waals surface area contributed by atoms with Crippen LogP contribution < -0.4 is 5.32 Å². The lowest BCUT2D eigenvalue weighted by atomic mass is 10.1. The summed E-state index contributed by atoms with van der Waals surface area (Å²) >= 11 is 0. The van der Waals surface area contributed by atoms with Gasteiger partial charge in [0.15, 0.2) is 5.69 Å². The number of hydrogen-bond donors (Lipinski definition) is 3. The van der Waals surface area contributed by atoms with Crippen LogP contribution in [0.4, 0.5) is 5.82 Å². The van der Waals surface area contributed by atoms with Crippen molar-refractivity contribution in [2.75, 3.05) is 18.5 Å². The third-order valence-corrected chi connectivity index (χ3v) is 2.45. The molecule has 94 valence electrons.